The van der Waals surface area contributed by atoms with E-state index in [1.165, 1.54) is 6.07 Å². The van der Waals surface area contributed by atoms with Crippen LogP contribution in [0.4, 0.5) is 10.1 Å². The van der Waals surface area contributed by atoms with Crippen LogP contribution in [0.25, 0.3) is 11.1 Å². The molecule has 2 aromatic rings. The summed E-state index contributed by atoms with van der Waals surface area (Å²) in [6.07, 6.45) is 0. The smallest absolute Gasteiger partial charge is 0.133 e. The Bertz CT molecular complexity index is 557. The average Bonchev–Trinajstić information content (AvgIpc) is 2.30. The van der Waals surface area contributed by atoms with E-state index < -0.39 is 5.82 Å². The van der Waals surface area contributed by atoms with Gasteiger partial charge < -0.3 is 10.5 Å². The highest BCUT2D eigenvalue weighted by Gasteiger charge is 2.10. The molecule has 0 aliphatic rings. The fraction of sp³-hybridized carbons (Fsp3) is 0.0769. The fourth-order valence-corrected chi connectivity index (χ4v) is 1.81. The monoisotopic (exact) mass is 251 g/mol. The highest BCUT2D eigenvalue weighted by molar-refractivity contribution is 6.33. The molecule has 0 unspecified atom stereocenters. The second-order valence-corrected chi connectivity index (χ2v) is 3.99. The highest BCUT2D eigenvalue weighted by Crippen LogP contribution is 2.33. The number of hydrogen-bond acceptors (Lipinski definition) is 2. The molecule has 0 saturated heterocycles. The Morgan fingerprint density at radius 1 is 1.12 bits per heavy atom. The molecule has 0 aliphatic carbocycles. The number of methoxy groups -OCH3 is 1. The molecule has 2 nitrogen and oxygen atoms in total. The molecular weight excluding hydrogens is 241 g/mol. The van der Waals surface area contributed by atoms with Gasteiger partial charge in [0.1, 0.15) is 11.6 Å². The molecular formula is C13H11ClFNO. The van der Waals surface area contributed by atoms with Crippen molar-refractivity contribution in [3.63, 3.8) is 0 Å². The molecule has 2 aromatic carbocycles. The lowest BCUT2D eigenvalue weighted by atomic mass is 10.0. The van der Waals surface area contributed by atoms with Gasteiger partial charge in [0, 0.05) is 21.8 Å². The van der Waals surface area contributed by atoms with Gasteiger partial charge in [-0.05, 0) is 36.4 Å². The Hall–Kier alpha value is -1.74. The summed E-state index contributed by atoms with van der Waals surface area (Å²) in [5.74, 6) is 0.223. The zero-order valence-corrected chi connectivity index (χ0v) is 9.96. The van der Waals surface area contributed by atoms with Crippen LogP contribution in [0.5, 0.6) is 5.75 Å². The van der Waals surface area contributed by atoms with Crippen LogP contribution in [-0.4, -0.2) is 7.11 Å². The van der Waals surface area contributed by atoms with Crippen molar-refractivity contribution in [3.05, 3.63) is 47.2 Å². The van der Waals surface area contributed by atoms with Crippen LogP contribution in [0.3, 0.4) is 0 Å². The number of halogens is 2. The molecule has 88 valence electrons. The van der Waals surface area contributed by atoms with E-state index in [4.69, 9.17) is 22.1 Å². The van der Waals surface area contributed by atoms with E-state index in [0.717, 1.165) is 0 Å². The Labute approximate surface area is 104 Å². The van der Waals surface area contributed by atoms with Crippen LogP contribution < -0.4 is 10.5 Å². The predicted molar refractivity (Wildman–Crippen MR) is 67.8 cm³/mol. The van der Waals surface area contributed by atoms with Crippen LogP contribution in [0.1, 0.15) is 0 Å². The Balaban J connectivity index is 2.59. The van der Waals surface area contributed by atoms with E-state index in [1.807, 2.05) is 0 Å². The second-order valence-electron chi connectivity index (χ2n) is 3.59. The van der Waals surface area contributed by atoms with E-state index in [9.17, 15) is 4.39 Å². The zero-order valence-electron chi connectivity index (χ0n) is 9.21. The number of rotatable bonds is 2. The number of benzene rings is 2. The quantitative estimate of drug-likeness (QED) is 0.826. The van der Waals surface area contributed by atoms with Crippen molar-refractivity contribution in [2.45, 2.75) is 0 Å². The minimum atomic E-state index is -0.403. The summed E-state index contributed by atoms with van der Waals surface area (Å²) in [4.78, 5) is 0. The van der Waals surface area contributed by atoms with Gasteiger partial charge in [-0.2, -0.15) is 0 Å². The van der Waals surface area contributed by atoms with Crippen molar-refractivity contribution in [1.82, 2.24) is 0 Å². The molecule has 0 aliphatic heterocycles. The first kappa shape index (κ1) is 11.7. The van der Waals surface area contributed by atoms with Gasteiger partial charge in [-0.1, -0.05) is 11.6 Å². The molecule has 2 N–H and O–H groups in total. The molecule has 0 atom stereocenters. The Morgan fingerprint density at radius 3 is 2.53 bits per heavy atom. The predicted octanol–water partition coefficient (Wildman–Crippen LogP) is 3.74. The third-order valence-electron chi connectivity index (χ3n) is 2.46. The lowest BCUT2D eigenvalue weighted by molar-refractivity contribution is 0.415. The van der Waals surface area contributed by atoms with E-state index in [0.29, 0.717) is 27.6 Å². The third kappa shape index (κ3) is 2.34. The number of hydrogen-bond donors (Lipinski definition) is 1. The molecule has 0 saturated carbocycles. The first-order valence-corrected chi connectivity index (χ1v) is 5.38. The van der Waals surface area contributed by atoms with Gasteiger partial charge in [-0.3, -0.25) is 0 Å². The largest absolute Gasteiger partial charge is 0.497 e. The normalized spacial score (nSPS) is 10.3. The van der Waals surface area contributed by atoms with E-state index in [2.05, 4.69) is 0 Å². The molecule has 2 rings (SSSR count). The van der Waals surface area contributed by atoms with Crippen LogP contribution in [-0.2, 0) is 0 Å². The molecule has 17 heavy (non-hydrogen) atoms. The van der Waals surface area contributed by atoms with Crippen LogP contribution in [0.2, 0.25) is 5.02 Å². The SMILES string of the molecule is COc1ccc(Cl)c(-c2ccc(N)cc2F)c1. The molecule has 0 amide bonds. The van der Waals surface area contributed by atoms with Gasteiger partial charge in [0.2, 0.25) is 0 Å². The van der Waals surface area contributed by atoms with Crippen LogP contribution in [0.15, 0.2) is 36.4 Å². The van der Waals surface area contributed by atoms with E-state index in [-0.39, 0.29) is 0 Å². The zero-order chi connectivity index (χ0) is 12.4. The summed E-state index contributed by atoms with van der Waals surface area (Å²) in [7, 11) is 1.55. The van der Waals surface area contributed by atoms with Gasteiger partial charge in [0.05, 0.1) is 7.11 Å². The second kappa shape index (κ2) is 4.63. The van der Waals surface area contributed by atoms with E-state index >= 15 is 0 Å². The first-order chi connectivity index (χ1) is 8.11. The standard InChI is InChI=1S/C13H11ClFNO/c1-17-9-3-5-12(14)11(7-9)10-4-2-8(16)6-13(10)15/h2-7H,16H2,1H3. The molecule has 0 bridgehead atoms. The highest BCUT2D eigenvalue weighted by atomic mass is 35.5. The summed E-state index contributed by atoms with van der Waals surface area (Å²) in [6, 6.07) is 9.59. The molecule has 4 heteroatoms. The van der Waals surface area contributed by atoms with Gasteiger partial charge in [0.25, 0.3) is 0 Å². The van der Waals surface area contributed by atoms with E-state index in [1.54, 1.807) is 37.4 Å². The Kier molecular flexibility index (Phi) is 3.20. The van der Waals surface area contributed by atoms with Crippen LogP contribution >= 0.6 is 11.6 Å². The summed E-state index contributed by atoms with van der Waals surface area (Å²) in [5, 5.41) is 0.467. The molecule has 0 radical (unpaired) electrons. The first-order valence-electron chi connectivity index (χ1n) is 5.01. The minimum Gasteiger partial charge on any atom is -0.497 e. The maximum Gasteiger partial charge on any atom is 0.133 e. The average molecular weight is 252 g/mol. The van der Waals surface area contributed by atoms with Crippen molar-refractivity contribution in [2.24, 2.45) is 0 Å². The van der Waals surface area contributed by atoms with Crippen LogP contribution in [0, 0.1) is 5.82 Å². The maximum atomic E-state index is 13.8. The summed E-state index contributed by atoms with van der Waals surface area (Å²) in [6.45, 7) is 0. The van der Waals surface area contributed by atoms with Gasteiger partial charge in [0.15, 0.2) is 0 Å². The van der Waals surface area contributed by atoms with Crippen molar-refractivity contribution in [1.29, 1.82) is 0 Å². The summed E-state index contributed by atoms with van der Waals surface area (Å²) >= 11 is 6.05. The number of ether oxygens (including phenoxy) is 1. The molecule has 0 aromatic heterocycles. The van der Waals surface area contributed by atoms with Gasteiger partial charge >= 0.3 is 0 Å². The fourth-order valence-electron chi connectivity index (χ4n) is 1.59. The number of nitrogen functional groups attached to an aromatic ring is 1. The summed E-state index contributed by atoms with van der Waals surface area (Å²) < 4.78 is 18.9. The lowest BCUT2D eigenvalue weighted by Crippen LogP contribution is -1.91. The molecule has 0 fully saturated rings. The van der Waals surface area contributed by atoms with Crippen molar-refractivity contribution >= 4 is 17.3 Å². The van der Waals surface area contributed by atoms with Crippen molar-refractivity contribution in [3.8, 4) is 16.9 Å². The number of anilines is 1. The summed E-state index contributed by atoms with van der Waals surface area (Å²) in [5.41, 5.74) is 6.87. The maximum absolute atomic E-state index is 13.8. The molecule has 0 spiro atoms. The van der Waals surface area contributed by atoms with Gasteiger partial charge in [-0.15, -0.1) is 0 Å². The van der Waals surface area contributed by atoms with Crippen molar-refractivity contribution < 1.29 is 9.13 Å². The van der Waals surface area contributed by atoms with Gasteiger partial charge in [-0.25, -0.2) is 4.39 Å². The topological polar surface area (TPSA) is 35.2 Å². The Morgan fingerprint density at radius 2 is 1.88 bits per heavy atom. The third-order valence-corrected chi connectivity index (χ3v) is 2.79. The lowest BCUT2D eigenvalue weighted by Gasteiger charge is -2.08. The minimum absolute atomic E-state index is 0.380. The number of nitrogens with two attached hydrogens (primary N) is 1. The molecule has 0 heterocycles. The van der Waals surface area contributed by atoms with Crippen molar-refractivity contribution in [2.75, 3.05) is 12.8 Å².